The second-order valence-corrected chi connectivity index (χ2v) is 4.36. The van der Waals surface area contributed by atoms with Crippen molar-refractivity contribution in [1.82, 2.24) is 14.9 Å². The van der Waals surface area contributed by atoms with Gasteiger partial charge in [-0.05, 0) is 12.1 Å². The van der Waals surface area contributed by atoms with Gasteiger partial charge in [0.15, 0.2) is 0 Å². The molecule has 1 aliphatic rings. The van der Waals surface area contributed by atoms with Gasteiger partial charge >= 0.3 is 0 Å². The largest absolute Gasteiger partial charge is 0.332 e. The Bertz CT molecular complexity index is 478. The van der Waals surface area contributed by atoms with Gasteiger partial charge in [0.2, 0.25) is 0 Å². The number of nitrogens with one attached hydrogen (secondary N) is 1. The fourth-order valence-electron chi connectivity index (χ4n) is 1.95. The van der Waals surface area contributed by atoms with E-state index < -0.39 is 0 Å². The predicted octanol–water partition coefficient (Wildman–Crippen LogP) is 2.31. The zero-order valence-electron chi connectivity index (χ0n) is 8.78. The Morgan fingerprint density at radius 3 is 2.81 bits per heavy atom. The molecule has 2 heterocycles. The van der Waals surface area contributed by atoms with Gasteiger partial charge in [-0.3, -0.25) is 0 Å². The molecule has 0 spiro atoms. The van der Waals surface area contributed by atoms with Gasteiger partial charge in [-0.25, -0.2) is 4.98 Å². The Morgan fingerprint density at radius 2 is 2.06 bits per heavy atom. The van der Waals surface area contributed by atoms with Crippen LogP contribution >= 0.6 is 11.6 Å². The zero-order valence-corrected chi connectivity index (χ0v) is 9.54. The van der Waals surface area contributed by atoms with E-state index in [0.29, 0.717) is 0 Å². The first-order valence-electron chi connectivity index (χ1n) is 5.35. The second-order valence-electron chi connectivity index (χ2n) is 3.92. The number of fused-ring (bicyclic) bond motifs is 1. The predicted molar refractivity (Wildman–Crippen MR) is 64.4 cm³/mol. The van der Waals surface area contributed by atoms with E-state index in [1.54, 1.807) is 0 Å². The summed E-state index contributed by atoms with van der Waals surface area (Å²) in [6.07, 6.45) is 2.11. The number of hydrogen-bond acceptors (Lipinski definition) is 2. The van der Waals surface area contributed by atoms with E-state index in [9.17, 15) is 0 Å². The van der Waals surface area contributed by atoms with Gasteiger partial charge < -0.3 is 9.88 Å². The minimum Gasteiger partial charge on any atom is -0.332 e. The van der Waals surface area contributed by atoms with E-state index in [1.807, 2.05) is 24.3 Å². The number of imidazole rings is 1. The number of hydrogen-bond donors (Lipinski definition) is 1. The number of rotatable bonds is 1. The van der Waals surface area contributed by atoms with Crippen molar-refractivity contribution in [3.63, 3.8) is 0 Å². The topological polar surface area (TPSA) is 29.9 Å². The molecule has 3 rings (SSSR count). The van der Waals surface area contributed by atoms with Crippen molar-refractivity contribution in [2.24, 2.45) is 0 Å². The molecule has 0 radical (unpaired) electrons. The third-order valence-electron chi connectivity index (χ3n) is 2.81. The molecule has 16 heavy (non-hydrogen) atoms. The SMILES string of the molecule is Clc1ccc(-c2cn3c(n2)CNCC3)cc1. The van der Waals surface area contributed by atoms with Gasteiger partial charge in [-0.1, -0.05) is 23.7 Å². The molecule has 1 N–H and O–H groups in total. The summed E-state index contributed by atoms with van der Waals surface area (Å²) < 4.78 is 2.21. The molecule has 0 fully saturated rings. The smallest absolute Gasteiger partial charge is 0.123 e. The first kappa shape index (κ1) is 9.87. The highest BCUT2D eigenvalue weighted by Crippen LogP contribution is 2.21. The van der Waals surface area contributed by atoms with Gasteiger partial charge in [0.25, 0.3) is 0 Å². The normalized spacial score (nSPS) is 14.8. The average Bonchev–Trinajstić information content (AvgIpc) is 2.73. The highest BCUT2D eigenvalue weighted by molar-refractivity contribution is 6.30. The molecule has 0 bridgehead atoms. The number of nitrogens with zero attached hydrogens (tertiary/aromatic N) is 2. The van der Waals surface area contributed by atoms with Crippen molar-refractivity contribution in [3.05, 3.63) is 41.3 Å². The Kier molecular flexibility index (Phi) is 2.42. The lowest BCUT2D eigenvalue weighted by molar-refractivity contribution is 0.505. The Labute approximate surface area is 99.1 Å². The summed E-state index contributed by atoms with van der Waals surface area (Å²) in [7, 11) is 0. The number of benzene rings is 1. The highest BCUT2D eigenvalue weighted by atomic mass is 35.5. The maximum absolute atomic E-state index is 5.86. The Hall–Kier alpha value is -1.32. The first-order valence-corrected chi connectivity index (χ1v) is 5.73. The molecule has 1 aromatic carbocycles. The molecule has 0 saturated carbocycles. The van der Waals surface area contributed by atoms with Crippen LogP contribution in [0.5, 0.6) is 0 Å². The van der Waals surface area contributed by atoms with Crippen LogP contribution in [0.3, 0.4) is 0 Å². The van der Waals surface area contributed by atoms with E-state index in [1.165, 1.54) is 0 Å². The molecule has 82 valence electrons. The molecule has 0 amide bonds. The minimum atomic E-state index is 0.759. The van der Waals surface area contributed by atoms with Crippen LogP contribution in [0.25, 0.3) is 11.3 Å². The molecule has 4 heteroatoms. The number of halogens is 1. The molecule has 1 aliphatic heterocycles. The van der Waals surface area contributed by atoms with Crippen LogP contribution in [0.15, 0.2) is 30.5 Å². The second kappa shape index (κ2) is 3.92. The standard InChI is InChI=1S/C12H12ClN3/c13-10-3-1-9(2-4-10)11-8-16-6-5-14-7-12(16)15-11/h1-4,8,14H,5-7H2. The van der Waals surface area contributed by atoms with Crippen LogP contribution in [-0.2, 0) is 13.1 Å². The maximum Gasteiger partial charge on any atom is 0.123 e. The van der Waals surface area contributed by atoms with Gasteiger partial charge in [-0.2, -0.15) is 0 Å². The van der Waals surface area contributed by atoms with E-state index in [4.69, 9.17) is 11.6 Å². The van der Waals surface area contributed by atoms with Gasteiger partial charge in [0.05, 0.1) is 12.2 Å². The van der Waals surface area contributed by atoms with Gasteiger partial charge in [0.1, 0.15) is 5.82 Å². The average molecular weight is 234 g/mol. The Morgan fingerprint density at radius 1 is 1.25 bits per heavy atom. The quantitative estimate of drug-likeness (QED) is 0.819. The molecule has 2 aromatic rings. The van der Waals surface area contributed by atoms with E-state index in [0.717, 1.165) is 41.7 Å². The van der Waals surface area contributed by atoms with Crippen molar-refractivity contribution in [2.75, 3.05) is 6.54 Å². The third-order valence-corrected chi connectivity index (χ3v) is 3.06. The maximum atomic E-state index is 5.86. The summed E-state index contributed by atoms with van der Waals surface area (Å²) in [5.74, 6) is 1.11. The summed E-state index contributed by atoms with van der Waals surface area (Å²) in [4.78, 5) is 4.61. The summed E-state index contributed by atoms with van der Waals surface area (Å²) >= 11 is 5.86. The molecule has 0 unspecified atom stereocenters. The van der Waals surface area contributed by atoms with E-state index in [2.05, 4.69) is 21.1 Å². The molecule has 1 aromatic heterocycles. The third kappa shape index (κ3) is 1.72. The van der Waals surface area contributed by atoms with Crippen LogP contribution in [0, 0.1) is 0 Å². The van der Waals surface area contributed by atoms with Crippen molar-refractivity contribution in [1.29, 1.82) is 0 Å². The van der Waals surface area contributed by atoms with Crippen LogP contribution in [0.2, 0.25) is 5.02 Å². The fourth-order valence-corrected chi connectivity index (χ4v) is 2.07. The first-order chi connectivity index (χ1) is 7.83. The van der Waals surface area contributed by atoms with Gasteiger partial charge in [0, 0.05) is 29.9 Å². The summed E-state index contributed by atoms with van der Waals surface area (Å²) in [5.41, 5.74) is 2.14. The monoisotopic (exact) mass is 233 g/mol. The van der Waals surface area contributed by atoms with Crippen LogP contribution in [0.1, 0.15) is 5.82 Å². The van der Waals surface area contributed by atoms with Crippen molar-refractivity contribution >= 4 is 11.6 Å². The number of aromatic nitrogens is 2. The van der Waals surface area contributed by atoms with Gasteiger partial charge in [-0.15, -0.1) is 0 Å². The summed E-state index contributed by atoms with van der Waals surface area (Å²) in [6, 6.07) is 7.80. The molecule has 0 saturated heterocycles. The van der Waals surface area contributed by atoms with Crippen LogP contribution in [-0.4, -0.2) is 16.1 Å². The Balaban J connectivity index is 2.00. The molecule has 3 nitrogen and oxygen atoms in total. The summed E-state index contributed by atoms with van der Waals surface area (Å²) in [6.45, 7) is 2.87. The zero-order chi connectivity index (χ0) is 11.0. The lowest BCUT2D eigenvalue weighted by Gasteiger charge is -2.13. The molecular weight excluding hydrogens is 222 g/mol. The minimum absolute atomic E-state index is 0.759. The van der Waals surface area contributed by atoms with E-state index in [-0.39, 0.29) is 0 Å². The van der Waals surface area contributed by atoms with Crippen molar-refractivity contribution in [2.45, 2.75) is 13.1 Å². The molecular formula is C12H12ClN3. The van der Waals surface area contributed by atoms with Crippen molar-refractivity contribution < 1.29 is 0 Å². The van der Waals surface area contributed by atoms with Crippen LogP contribution in [0.4, 0.5) is 0 Å². The van der Waals surface area contributed by atoms with Crippen molar-refractivity contribution in [3.8, 4) is 11.3 Å². The highest BCUT2D eigenvalue weighted by Gasteiger charge is 2.12. The van der Waals surface area contributed by atoms with E-state index >= 15 is 0 Å². The lowest BCUT2D eigenvalue weighted by atomic mass is 10.2. The van der Waals surface area contributed by atoms with Crippen LogP contribution < -0.4 is 5.32 Å². The molecule has 0 atom stereocenters. The lowest BCUT2D eigenvalue weighted by Crippen LogP contribution is -2.27. The summed E-state index contributed by atoms with van der Waals surface area (Å²) in [5, 5.41) is 4.07. The fraction of sp³-hybridized carbons (Fsp3) is 0.250. The molecule has 0 aliphatic carbocycles.